The van der Waals surface area contributed by atoms with Crippen molar-refractivity contribution in [3.8, 4) is 0 Å². The SMILES string of the molecule is Cl.Cl.FC(F)(F)c1cccc(NCC2CCNCC2)n1. The fraction of sp³-hybridized carbons (Fsp3) is 0.583. The van der Waals surface area contributed by atoms with Gasteiger partial charge in [-0.25, -0.2) is 4.98 Å². The highest BCUT2D eigenvalue weighted by Gasteiger charge is 2.32. The Balaban J connectivity index is 0.00000180. The predicted octanol–water partition coefficient (Wildman–Crippen LogP) is 3.36. The van der Waals surface area contributed by atoms with Gasteiger partial charge in [-0.05, 0) is 44.0 Å². The lowest BCUT2D eigenvalue weighted by Gasteiger charge is -2.23. The average molecular weight is 332 g/mol. The van der Waals surface area contributed by atoms with E-state index in [1.807, 2.05) is 0 Å². The van der Waals surface area contributed by atoms with Crippen molar-refractivity contribution >= 4 is 30.6 Å². The average Bonchev–Trinajstić information content (AvgIpc) is 2.37. The lowest BCUT2D eigenvalue weighted by molar-refractivity contribution is -0.141. The van der Waals surface area contributed by atoms with E-state index in [0.717, 1.165) is 32.0 Å². The van der Waals surface area contributed by atoms with E-state index in [2.05, 4.69) is 15.6 Å². The zero-order valence-electron chi connectivity index (χ0n) is 10.7. The molecule has 1 aliphatic rings. The van der Waals surface area contributed by atoms with Gasteiger partial charge in [0.2, 0.25) is 0 Å². The van der Waals surface area contributed by atoms with Crippen LogP contribution in [-0.4, -0.2) is 24.6 Å². The third-order valence-corrected chi connectivity index (χ3v) is 3.07. The molecule has 0 unspecified atom stereocenters. The van der Waals surface area contributed by atoms with Crippen LogP contribution in [0.2, 0.25) is 0 Å². The molecule has 0 saturated carbocycles. The van der Waals surface area contributed by atoms with Crippen molar-refractivity contribution in [2.75, 3.05) is 25.0 Å². The van der Waals surface area contributed by atoms with Gasteiger partial charge >= 0.3 is 6.18 Å². The summed E-state index contributed by atoms with van der Waals surface area (Å²) in [6.45, 7) is 2.63. The lowest BCUT2D eigenvalue weighted by Crippen LogP contribution is -2.31. The van der Waals surface area contributed by atoms with Gasteiger partial charge in [-0.15, -0.1) is 24.8 Å². The van der Waals surface area contributed by atoms with E-state index in [9.17, 15) is 13.2 Å². The molecule has 20 heavy (non-hydrogen) atoms. The second-order valence-electron chi connectivity index (χ2n) is 4.48. The third kappa shape index (κ3) is 5.73. The molecule has 0 radical (unpaired) electrons. The molecule has 0 spiro atoms. The normalized spacial score (nSPS) is 15.9. The summed E-state index contributed by atoms with van der Waals surface area (Å²) in [6, 6.07) is 3.92. The number of halogens is 5. The minimum atomic E-state index is -4.38. The van der Waals surface area contributed by atoms with Crippen molar-refractivity contribution in [1.82, 2.24) is 10.3 Å². The van der Waals surface area contributed by atoms with Crippen LogP contribution < -0.4 is 10.6 Å². The Bertz CT molecular complexity index is 396. The molecule has 2 rings (SSSR count). The molecule has 8 heteroatoms. The maximum absolute atomic E-state index is 12.5. The molecule has 1 aromatic heterocycles. The third-order valence-electron chi connectivity index (χ3n) is 3.07. The summed E-state index contributed by atoms with van der Waals surface area (Å²) in [6.07, 6.45) is -2.29. The number of hydrogen-bond donors (Lipinski definition) is 2. The Hall–Kier alpha value is -0.720. The van der Waals surface area contributed by atoms with E-state index < -0.39 is 11.9 Å². The maximum atomic E-state index is 12.5. The summed E-state index contributed by atoms with van der Waals surface area (Å²) in [5.74, 6) is 0.797. The van der Waals surface area contributed by atoms with E-state index in [1.165, 1.54) is 6.07 Å². The number of anilines is 1. The van der Waals surface area contributed by atoms with Crippen LogP contribution in [0.4, 0.5) is 19.0 Å². The first kappa shape index (κ1) is 19.3. The minimum Gasteiger partial charge on any atom is -0.370 e. The van der Waals surface area contributed by atoms with E-state index >= 15 is 0 Å². The zero-order chi connectivity index (χ0) is 13.0. The van der Waals surface area contributed by atoms with Crippen LogP contribution in [0.3, 0.4) is 0 Å². The van der Waals surface area contributed by atoms with Crippen molar-refractivity contribution in [3.05, 3.63) is 23.9 Å². The lowest BCUT2D eigenvalue weighted by atomic mass is 9.98. The van der Waals surface area contributed by atoms with Gasteiger partial charge in [0.25, 0.3) is 0 Å². The van der Waals surface area contributed by atoms with E-state index in [4.69, 9.17) is 0 Å². The van der Waals surface area contributed by atoms with Crippen LogP contribution in [0.15, 0.2) is 18.2 Å². The number of alkyl halides is 3. The summed E-state index contributed by atoms with van der Waals surface area (Å²) in [4.78, 5) is 3.58. The number of nitrogens with one attached hydrogen (secondary N) is 2. The fourth-order valence-electron chi connectivity index (χ4n) is 2.03. The molecule has 1 saturated heterocycles. The zero-order valence-corrected chi connectivity index (χ0v) is 12.4. The minimum absolute atomic E-state index is 0. The van der Waals surface area contributed by atoms with Gasteiger partial charge in [0.15, 0.2) is 0 Å². The number of piperidine rings is 1. The first-order valence-electron chi connectivity index (χ1n) is 6.04. The number of nitrogens with zero attached hydrogens (tertiary/aromatic N) is 1. The van der Waals surface area contributed by atoms with Crippen molar-refractivity contribution in [1.29, 1.82) is 0 Å². The van der Waals surface area contributed by atoms with Crippen LogP contribution in [-0.2, 0) is 6.18 Å². The van der Waals surface area contributed by atoms with E-state index in [-0.39, 0.29) is 24.8 Å². The highest BCUT2D eigenvalue weighted by atomic mass is 35.5. The molecule has 0 bridgehead atoms. The maximum Gasteiger partial charge on any atom is 0.433 e. The molecule has 116 valence electrons. The summed E-state index contributed by atoms with van der Waals surface area (Å²) in [5, 5.41) is 6.24. The van der Waals surface area contributed by atoms with Crippen LogP contribution in [0.5, 0.6) is 0 Å². The molecule has 0 aliphatic carbocycles. The van der Waals surface area contributed by atoms with Gasteiger partial charge in [-0.2, -0.15) is 13.2 Å². The molecule has 0 amide bonds. The van der Waals surface area contributed by atoms with E-state index in [1.54, 1.807) is 6.07 Å². The number of hydrogen-bond acceptors (Lipinski definition) is 3. The summed E-state index contributed by atoms with van der Waals surface area (Å²) >= 11 is 0. The molecule has 0 atom stereocenters. The van der Waals surface area contributed by atoms with Gasteiger partial charge in [-0.3, -0.25) is 0 Å². The van der Waals surface area contributed by atoms with Crippen LogP contribution in [0.1, 0.15) is 18.5 Å². The molecular formula is C12H18Cl2F3N3. The van der Waals surface area contributed by atoms with Gasteiger partial charge in [0.05, 0.1) is 0 Å². The Morgan fingerprint density at radius 1 is 1.20 bits per heavy atom. The summed E-state index contributed by atoms with van der Waals surface area (Å²) < 4.78 is 37.4. The molecule has 3 nitrogen and oxygen atoms in total. The van der Waals surface area contributed by atoms with Crippen LogP contribution >= 0.6 is 24.8 Å². The molecule has 2 heterocycles. The predicted molar refractivity (Wildman–Crippen MR) is 77.8 cm³/mol. The monoisotopic (exact) mass is 331 g/mol. The number of rotatable bonds is 3. The first-order chi connectivity index (χ1) is 8.55. The quantitative estimate of drug-likeness (QED) is 0.891. The van der Waals surface area contributed by atoms with Gasteiger partial charge in [0.1, 0.15) is 11.5 Å². The fourth-order valence-corrected chi connectivity index (χ4v) is 2.03. The van der Waals surface area contributed by atoms with Crippen LogP contribution in [0.25, 0.3) is 0 Å². The molecule has 2 N–H and O–H groups in total. The summed E-state index contributed by atoms with van der Waals surface area (Å²) in [5.41, 5.74) is -0.849. The number of pyridine rings is 1. The van der Waals surface area contributed by atoms with Gasteiger partial charge in [-0.1, -0.05) is 6.07 Å². The standard InChI is InChI=1S/C12H16F3N3.2ClH/c13-12(14,15)10-2-1-3-11(18-10)17-8-9-4-6-16-7-5-9;;/h1-3,9,16H,4-8H2,(H,17,18);2*1H. The first-order valence-corrected chi connectivity index (χ1v) is 6.04. The second-order valence-corrected chi connectivity index (χ2v) is 4.48. The Kier molecular flexibility index (Phi) is 8.23. The van der Waals surface area contributed by atoms with Crippen molar-refractivity contribution < 1.29 is 13.2 Å². The van der Waals surface area contributed by atoms with Gasteiger partial charge < -0.3 is 10.6 Å². The highest BCUT2D eigenvalue weighted by Crippen LogP contribution is 2.28. The number of aromatic nitrogens is 1. The molecule has 1 fully saturated rings. The Morgan fingerprint density at radius 3 is 2.45 bits per heavy atom. The second kappa shape index (κ2) is 8.54. The highest BCUT2D eigenvalue weighted by molar-refractivity contribution is 5.85. The summed E-state index contributed by atoms with van der Waals surface area (Å²) in [7, 11) is 0. The topological polar surface area (TPSA) is 37.0 Å². The Labute approximate surface area is 128 Å². The Morgan fingerprint density at radius 2 is 1.85 bits per heavy atom. The molecule has 0 aromatic carbocycles. The van der Waals surface area contributed by atoms with Gasteiger partial charge in [0, 0.05) is 6.54 Å². The molecular weight excluding hydrogens is 314 g/mol. The largest absolute Gasteiger partial charge is 0.433 e. The van der Waals surface area contributed by atoms with Crippen molar-refractivity contribution in [2.24, 2.45) is 5.92 Å². The smallest absolute Gasteiger partial charge is 0.370 e. The van der Waals surface area contributed by atoms with E-state index in [0.29, 0.717) is 18.3 Å². The van der Waals surface area contributed by atoms with Crippen molar-refractivity contribution in [2.45, 2.75) is 19.0 Å². The molecule has 1 aromatic rings. The molecule has 1 aliphatic heterocycles. The van der Waals surface area contributed by atoms with Crippen LogP contribution in [0, 0.1) is 5.92 Å². The van der Waals surface area contributed by atoms with Crippen molar-refractivity contribution in [3.63, 3.8) is 0 Å².